The molecule has 2 aliphatic rings. The lowest BCUT2D eigenvalue weighted by Gasteiger charge is -2.48. The summed E-state index contributed by atoms with van der Waals surface area (Å²) in [5.41, 5.74) is 24.1. The van der Waals surface area contributed by atoms with Gasteiger partial charge in [-0.2, -0.15) is 0 Å². The zero-order valence-corrected chi connectivity index (χ0v) is 12.8. The second kappa shape index (κ2) is 7.50. The Hall–Kier alpha value is -0.320. The molecule has 0 aromatic carbocycles. The fourth-order valence-electron chi connectivity index (χ4n) is 3.70. The second-order valence-electron chi connectivity index (χ2n) is 6.68. The van der Waals surface area contributed by atoms with Gasteiger partial charge >= 0.3 is 0 Å². The van der Waals surface area contributed by atoms with Gasteiger partial charge in [-0.1, -0.05) is 0 Å². The van der Waals surface area contributed by atoms with E-state index in [1.807, 2.05) is 0 Å². The predicted octanol–water partition coefficient (Wildman–Crippen LogP) is -3.03. The Morgan fingerprint density at radius 1 is 1.00 bits per heavy atom. The van der Waals surface area contributed by atoms with Gasteiger partial charge in [-0.15, -0.1) is 0 Å². The Balaban J connectivity index is 2.10. The first-order valence-corrected chi connectivity index (χ1v) is 8.01. The molecule has 22 heavy (non-hydrogen) atoms. The summed E-state index contributed by atoms with van der Waals surface area (Å²) < 4.78 is 6.02. The topological polar surface area (TPSA) is 174 Å². The summed E-state index contributed by atoms with van der Waals surface area (Å²) in [7, 11) is 0. The van der Waals surface area contributed by atoms with Gasteiger partial charge < -0.3 is 43.0 Å². The lowest BCUT2D eigenvalue weighted by Crippen LogP contribution is -2.65. The monoisotopic (exact) mass is 318 g/mol. The lowest BCUT2D eigenvalue weighted by molar-refractivity contribution is -0.157. The van der Waals surface area contributed by atoms with Crippen molar-refractivity contribution in [3.63, 3.8) is 0 Å². The first-order chi connectivity index (χ1) is 10.4. The molecule has 8 heteroatoms. The SMILES string of the molecule is N[C@@H]1C[C@H](N)C([C@H]2O[C@H]([C@@H](N)CCO)CC[C@H]2N)[C@H](O)[C@H]1O. The molecule has 1 saturated heterocycles. The van der Waals surface area contributed by atoms with Crippen LogP contribution in [0.5, 0.6) is 0 Å². The van der Waals surface area contributed by atoms with E-state index in [9.17, 15) is 10.2 Å². The molecule has 11 N–H and O–H groups in total. The number of aliphatic hydroxyl groups excluding tert-OH is 3. The molecule has 2 rings (SSSR count). The summed E-state index contributed by atoms with van der Waals surface area (Å²) in [6.07, 6.45) is -0.553. The molecule has 0 bridgehead atoms. The Morgan fingerprint density at radius 3 is 2.32 bits per heavy atom. The average Bonchev–Trinajstić information content (AvgIpc) is 2.47. The van der Waals surface area contributed by atoms with E-state index in [1.165, 1.54) is 0 Å². The molecule has 0 aromatic heterocycles. The fourth-order valence-corrected chi connectivity index (χ4v) is 3.70. The molecule has 0 radical (unpaired) electrons. The highest BCUT2D eigenvalue weighted by Gasteiger charge is 2.48. The van der Waals surface area contributed by atoms with Crippen LogP contribution in [0.2, 0.25) is 0 Å². The van der Waals surface area contributed by atoms with Gasteiger partial charge in [-0.3, -0.25) is 0 Å². The molecule has 2 fully saturated rings. The summed E-state index contributed by atoms with van der Waals surface area (Å²) in [6.45, 7) is -0.00309. The van der Waals surface area contributed by atoms with E-state index in [0.717, 1.165) is 0 Å². The van der Waals surface area contributed by atoms with Gasteiger partial charge in [0.1, 0.15) is 0 Å². The molecular weight excluding hydrogens is 288 g/mol. The smallest absolute Gasteiger partial charge is 0.0954 e. The Morgan fingerprint density at radius 2 is 1.68 bits per heavy atom. The van der Waals surface area contributed by atoms with E-state index in [2.05, 4.69) is 0 Å². The summed E-state index contributed by atoms with van der Waals surface area (Å²) >= 11 is 0. The fraction of sp³-hybridized carbons (Fsp3) is 1.00. The van der Waals surface area contributed by atoms with E-state index in [-0.39, 0.29) is 24.8 Å². The lowest BCUT2D eigenvalue weighted by atomic mass is 9.72. The number of aliphatic hydroxyl groups is 3. The largest absolute Gasteiger partial charge is 0.396 e. The van der Waals surface area contributed by atoms with Crippen LogP contribution >= 0.6 is 0 Å². The third-order valence-electron chi connectivity index (χ3n) is 5.08. The highest BCUT2D eigenvalue weighted by atomic mass is 16.5. The number of rotatable bonds is 4. The van der Waals surface area contributed by atoms with Crippen LogP contribution in [-0.2, 0) is 4.74 Å². The van der Waals surface area contributed by atoms with Crippen LogP contribution < -0.4 is 22.9 Å². The summed E-state index contributed by atoms with van der Waals surface area (Å²) in [4.78, 5) is 0. The van der Waals surface area contributed by atoms with Gasteiger partial charge in [0.15, 0.2) is 0 Å². The molecule has 9 atom stereocenters. The molecule has 130 valence electrons. The molecule has 0 spiro atoms. The molecule has 1 heterocycles. The molecule has 1 aliphatic carbocycles. The molecule has 8 nitrogen and oxygen atoms in total. The second-order valence-corrected chi connectivity index (χ2v) is 6.68. The standard InChI is InChI=1S/C14H30N4O4/c15-6(3-4-19)10-2-1-7(16)14(22-10)11-8(17)5-9(18)12(20)13(11)21/h6-14,19-21H,1-5,15-18H2/t6-,7+,8-,9+,10-,11?,12-,13-,14-/m0/s1. The van der Waals surface area contributed by atoms with Gasteiger partial charge in [0.2, 0.25) is 0 Å². The minimum absolute atomic E-state index is 0.00309. The maximum atomic E-state index is 10.4. The minimum atomic E-state index is -1.07. The van der Waals surface area contributed by atoms with Crippen LogP contribution in [0.1, 0.15) is 25.7 Å². The van der Waals surface area contributed by atoms with Crippen molar-refractivity contribution < 1.29 is 20.1 Å². The quantitative estimate of drug-likeness (QED) is 0.286. The molecule has 1 unspecified atom stereocenters. The minimum Gasteiger partial charge on any atom is -0.396 e. The Kier molecular flexibility index (Phi) is 6.14. The first-order valence-electron chi connectivity index (χ1n) is 8.01. The van der Waals surface area contributed by atoms with E-state index in [0.29, 0.717) is 25.7 Å². The van der Waals surface area contributed by atoms with Crippen LogP contribution in [0.25, 0.3) is 0 Å². The molecule has 1 saturated carbocycles. The van der Waals surface area contributed by atoms with Crippen LogP contribution in [-0.4, -0.2) is 70.5 Å². The average molecular weight is 318 g/mol. The van der Waals surface area contributed by atoms with Crippen molar-refractivity contribution >= 4 is 0 Å². The third-order valence-corrected chi connectivity index (χ3v) is 5.08. The van der Waals surface area contributed by atoms with Crippen molar-refractivity contribution in [2.24, 2.45) is 28.9 Å². The predicted molar refractivity (Wildman–Crippen MR) is 81.6 cm³/mol. The number of hydrogen-bond donors (Lipinski definition) is 7. The summed E-state index contributed by atoms with van der Waals surface area (Å²) in [5, 5.41) is 29.4. The zero-order valence-electron chi connectivity index (χ0n) is 12.8. The van der Waals surface area contributed by atoms with Crippen LogP contribution in [0.15, 0.2) is 0 Å². The third kappa shape index (κ3) is 3.60. The van der Waals surface area contributed by atoms with E-state index < -0.39 is 36.3 Å². The van der Waals surface area contributed by atoms with Crippen molar-refractivity contribution in [1.82, 2.24) is 0 Å². The Bertz CT molecular complexity index is 362. The zero-order chi connectivity index (χ0) is 16.4. The Labute approximate surface area is 130 Å². The van der Waals surface area contributed by atoms with Gasteiger partial charge in [-0.25, -0.2) is 0 Å². The van der Waals surface area contributed by atoms with Gasteiger partial charge in [0, 0.05) is 36.7 Å². The maximum absolute atomic E-state index is 10.4. The van der Waals surface area contributed by atoms with Gasteiger partial charge in [0.25, 0.3) is 0 Å². The number of ether oxygens (including phenoxy) is 1. The van der Waals surface area contributed by atoms with Crippen LogP contribution in [0.4, 0.5) is 0 Å². The van der Waals surface area contributed by atoms with E-state index in [4.69, 9.17) is 32.8 Å². The highest BCUT2D eigenvalue weighted by Crippen LogP contribution is 2.34. The van der Waals surface area contributed by atoms with E-state index >= 15 is 0 Å². The first kappa shape index (κ1) is 18.0. The maximum Gasteiger partial charge on any atom is 0.0954 e. The molecule has 1 aliphatic heterocycles. The van der Waals surface area contributed by atoms with Gasteiger partial charge in [0.05, 0.1) is 24.4 Å². The van der Waals surface area contributed by atoms with Crippen LogP contribution in [0.3, 0.4) is 0 Å². The van der Waals surface area contributed by atoms with Crippen molar-refractivity contribution in [3.8, 4) is 0 Å². The van der Waals surface area contributed by atoms with Crippen LogP contribution in [0, 0.1) is 5.92 Å². The van der Waals surface area contributed by atoms with Crippen molar-refractivity contribution in [2.75, 3.05) is 6.61 Å². The highest BCUT2D eigenvalue weighted by molar-refractivity contribution is 5.03. The summed E-state index contributed by atoms with van der Waals surface area (Å²) in [6, 6.07) is -1.50. The number of hydrogen-bond acceptors (Lipinski definition) is 8. The summed E-state index contributed by atoms with van der Waals surface area (Å²) in [5.74, 6) is -0.478. The molecule has 0 amide bonds. The van der Waals surface area contributed by atoms with Crippen molar-refractivity contribution in [1.29, 1.82) is 0 Å². The normalized spacial score (nSPS) is 48.1. The van der Waals surface area contributed by atoms with Crippen molar-refractivity contribution in [3.05, 3.63) is 0 Å². The van der Waals surface area contributed by atoms with Gasteiger partial charge in [-0.05, 0) is 25.7 Å². The van der Waals surface area contributed by atoms with Crippen molar-refractivity contribution in [2.45, 2.75) is 74.3 Å². The molecule has 0 aromatic rings. The number of nitrogens with two attached hydrogens (primary N) is 4. The molecular formula is C14H30N4O4. The van der Waals surface area contributed by atoms with E-state index in [1.54, 1.807) is 0 Å².